The van der Waals surface area contributed by atoms with Crippen molar-refractivity contribution in [3.05, 3.63) is 45.0 Å². The second-order valence-electron chi connectivity index (χ2n) is 3.88. The number of rotatable bonds is 4. The van der Waals surface area contributed by atoms with E-state index in [-0.39, 0.29) is 22.4 Å². The summed E-state index contributed by atoms with van der Waals surface area (Å²) >= 11 is 12.2. The molecule has 0 radical (unpaired) electrons. The number of allylic oxidation sites excluding steroid dienone is 1. The van der Waals surface area contributed by atoms with Crippen LogP contribution in [0.5, 0.6) is 0 Å². The summed E-state index contributed by atoms with van der Waals surface area (Å²) in [6, 6.07) is 5.89. The van der Waals surface area contributed by atoms with Gasteiger partial charge in [-0.25, -0.2) is 0 Å². The van der Waals surface area contributed by atoms with Crippen LogP contribution in [0.15, 0.2) is 34.4 Å². The molecule has 0 aliphatic carbocycles. The highest BCUT2D eigenvalue weighted by Gasteiger charge is 2.25. The van der Waals surface area contributed by atoms with Gasteiger partial charge in [0.05, 0.1) is 21.9 Å². The van der Waals surface area contributed by atoms with Crippen LogP contribution in [0.1, 0.15) is 5.56 Å². The molecule has 21 heavy (non-hydrogen) atoms. The molecule has 1 heterocycles. The third-order valence-electron chi connectivity index (χ3n) is 2.43. The molecule has 2 rings (SSSR count). The molecule has 1 amide bonds. The predicted molar refractivity (Wildman–Crippen MR) is 87.3 cm³/mol. The van der Waals surface area contributed by atoms with E-state index in [1.54, 1.807) is 18.2 Å². The van der Waals surface area contributed by atoms with Crippen molar-refractivity contribution >= 4 is 63.8 Å². The number of hydrazone groups is 1. The lowest BCUT2D eigenvalue weighted by Crippen LogP contribution is -2.22. The number of amides is 1. The van der Waals surface area contributed by atoms with E-state index in [0.717, 1.165) is 5.01 Å². The van der Waals surface area contributed by atoms with E-state index in [0.29, 0.717) is 9.88 Å². The van der Waals surface area contributed by atoms with Gasteiger partial charge in [0.1, 0.15) is 0 Å². The Morgan fingerprint density at radius 3 is 2.67 bits per heavy atom. The van der Waals surface area contributed by atoms with E-state index in [9.17, 15) is 14.9 Å². The maximum Gasteiger partial charge on any atom is 0.269 e. The van der Waals surface area contributed by atoms with Crippen LogP contribution in [0, 0.1) is 10.1 Å². The van der Waals surface area contributed by atoms with Crippen molar-refractivity contribution in [1.29, 1.82) is 0 Å². The van der Waals surface area contributed by atoms with Crippen molar-refractivity contribution in [2.45, 2.75) is 0 Å². The third kappa shape index (κ3) is 4.10. The van der Waals surface area contributed by atoms with Crippen molar-refractivity contribution in [1.82, 2.24) is 5.01 Å². The highest BCUT2D eigenvalue weighted by molar-refractivity contribution is 8.23. The minimum Gasteiger partial charge on any atom is -0.272 e. The Kier molecular flexibility index (Phi) is 5.05. The number of thioether (sulfide) groups is 1. The molecule has 9 heteroatoms. The minimum atomic E-state index is -0.478. The van der Waals surface area contributed by atoms with Gasteiger partial charge in [-0.05, 0) is 23.8 Å². The van der Waals surface area contributed by atoms with Crippen molar-refractivity contribution in [2.75, 3.05) is 5.75 Å². The number of non-ortho nitro benzene ring substituents is 1. The number of nitro benzene ring substituents is 1. The number of benzene rings is 1. The quantitative estimate of drug-likeness (QED) is 0.364. The Morgan fingerprint density at radius 1 is 1.48 bits per heavy atom. The Hall–Kier alpha value is -1.77. The van der Waals surface area contributed by atoms with Gasteiger partial charge in [0, 0.05) is 12.1 Å². The summed E-state index contributed by atoms with van der Waals surface area (Å²) in [6.45, 7) is 0. The molecule has 0 N–H and O–H groups in total. The fraction of sp³-hybridized carbons (Fsp3) is 0.0833. The van der Waals surface area contributed by atoms with E-state index < -0.39 is 4.92 Å². The van der Waals surface area contributed by atoms with Crippen molar-refractivity contribution < 1.29 is 9.72 Å². The molecule has 0 spiro atoms. The maximum absolute atomic E-state index is 11.4. The number of hydrogen-bond acceptors (Lipinski definition) is 6. The Labute approximate surface area is 134 Å². The van der Waals surface area contributed by atoms with Crippen LogP contribution < -0.4 is 0 Å². The molecule has 6 nitrogen and oxygen atoms in total. The van der Waals surface area contributed by atoms with E-state index in [2.05, 4.69) is 5.10 Å². The molecule has 1 aromatic carbocycles. The first kappa shape index (κ1) is 15.6. The zero-order valence-electron chi connectivity index (χ0n) is 10.4. The van der Waals surface area contributed by atoms with Gasteiger partial charge in [-0.1, -0.05) is 35.6 Å². The van der Waals surface area contributed by atoms with Gasteiger partial charge in [0.25, 0.3) is 11.6 Å². The van der Waals surface area contributed by atoms with E-state index in [1.165, 1.54) is 30.1 Å². The van der Waals surface area contributed by atoms with Gasteiger partial charge in [-0.2, -0.15) is 10.1 Å². The molecular formula is C12H8ClN3O3S2. The van der Waals surface area contributed by atoms with Crippen molar-refractivity contribution in [3.8, 4) is 0 Å². The smallest absolute Gasteiger partial charge is 0.269 e. The predicted octanol–water partition coefficient (Wildman–Crippen LogP) is 3.02. The van der Waals surface area contributed by atoms with Gasteiger partial charge >= 0.3 is 0 Å². The molecule has 1 aromatic rings. The largest absolute Gasteiger partial charge is 0.272 e. The Bertz CT molecular complexity index is 642. The lowest BCUT2D eigenvalue weighted by molar-refractivity contribution is -0.384. The highest BCUT2D eigenvalue weighted by Crippen LogP contribution is 2.20. The standard InChI is InChI=1S/C12H8ClN3O3S2/c13-9(6-14-15-11(17)7-21-12(15)20)5-8-1-3-10(4-2-8)16(18)19/h1-6H,7H2/b9-5-,14-6?. The molecule has 0 atom stereocenters. The molecular weight excluding hydrogens is 334 g/mol. The molecule has 1 aliphatic heterocycles. The summed E-state index contributed by atoms with van der Waals surface area (Å²) in [7, 11) is 0. The molecule has 1 aliphatic rings. The van der Waals surface area contributed by atoms with Gasteiger partial charge < -0.3 is 0 Å². The van der Waals surface area contributed by atoms with Crippen LogP contribution in [0.3, 0.4) is 0 Å². The first-order valence-electron chi connectivity index (χ1n) is 5.63. The average Bonchev–Trinajstić information content (AvgIpc) is 2.76. The lowest BCUT2D eigenvalue weighted by atomic mass is 10.2. The Morgan fingerprint density at radius 2 is 2.14 bits per heavy atom. The zero-order chi connectivity index (χ0) is 15.4. The number of hydrogen-bond donors (Lipinski definition) is 0. The number of carbonyl (C=O) groups excluding carboxylic acids is 1. The topological polar surface area (TPSA) is 75.8 Å². The average molecular weight is 342 g/mol. The number of halogens is 1. The summed E-state index contributed by atoms with van der Waals surface area (Å²) in [5.41, 5.74) is 0.684. The fourth-order valence-corrected chi connectivity index (χ4v) is 2.60. The fourth-order valence-electron chi connectivity index (χ4n) is 1.46. The van der Waals surface area contributed by atoms with E-state index in [4.69, 9.17) is 23.8 Å². The summed E-state index contributed by atoms with van der Waals surface area (Å²) < 4.78 is 0.385. The number of thiocarbonyl (C=S) groups is 1. The Balaban J connectivity index is 2.08. The van der Waals surface area contributed by atoms with Gasteiger partial charge in [-0.15, -0.1) is 0 Å². The highest BCUT2D eigenvalue weighted by atomic mass is 35.5. The molecule has 0 aromatic heterocycles. The molecule has 1 fully saturated rings. The number of carbonyl (C=O) groups is 1. The zero-order valence-corrected chi connectivity index (χ0v) is 12.8. The van der Waals surface area contributed by atoms with Gasteiger partial charge in [0.15, 0.2) is 4.32 Å². The third-order valence-corrected chi connectivity index (χ3v) is 3.98. The minimum absolute atomic E-state index is 0.00183. The van der Waals surface area contributed by atoms with Crippen LogP contribution in [0.25, 0.3) is 6.08 Å². The van der Waals surface area contributed by atoms with Crippen LogP contribution in [-0.4, -0.2) is 32.1 Å². The normalized spacial score (nSPS) is 16.0. The molecule has 108 valence electrons. The monoisotopic (exact) mass is 341 g/mol. The van der Waals surface area contributed by atoms with Crippen LogP contribution in [0.4, 0.5) is 5.69 Å². The summed E-state index contributed by atoms with van der Waals surface area (Å²) in [6.07, 6.45) is 2.88. The summed E-state index contributed by atoms with van der Waals surface area (Å²) in [4.78, 5) is 21.5. The lowest BCUT2D eigenvalue weighted by Gasteiger charge is -2.05. The summed E-state index contributed by atoms with van der Waals surface area (Å²) in [5, 5.41) is 15.8. The molecule has 0 unspecified atom stereocenters. The van der Waals surface area contributed by atoms with Crippen LogP contribution >= 0.6 is 35.6 Å². The first-order chi connectivity index (χ1) is 9.97. The number of nitrogens with zero attached hydrogens (tertiary/aromatic N) is 3. The van der Waals surface area contributed by atoms with Crippen LogP contribution in [0.2, 0.25) is 0 Å². The SMILES string of the molecule is O=C1CSC(=S)N1N=C/C(Cl)=C/c1ccc([N+](=O)[O-])cc1. The molecule has 1 saturated heterocycles. The van der Waals surface area contributed by atoms with Gasteiger partial charge in [-0.3, -0.25) is 14.9 Å². The van der Waals surface area contributed by atoms with Crippen molar-refractivity contribution in [2.24, 2.45) is 5.10 Å². The molecule has 0 saturated carbocycles. The summed E-state index contributed by atoms with van der Waals surface area (Å²) in [5.74, 6) is 0.0842. The van der Waals surface area contributed by atoms with Crippen molar-refractivity contribution in [3.63, 3.8) is 0 Å². The van der Waals surface area contributed by atoms with Crippen LogP contribution in [-0.2, 0) is 4.79 Å². The van der Waals surface area contributed by atoms with E-state index in [1.807, 2.05) is 0 Å². The second kappa shape index (κ2) is 6.79. The maximum atomic E-state index is 11.4. The number of nitro groups is 1. The van der Waals surface area contributed by atoms with Gasteiger partial charge in [0.2, 0.25) is 0 Å². The first-order valence-corrected chi connectivity index (χ1v) is 7.40. The van der Waals surface area contributed by atoms with E-state index >= 15 is 0 Å². The molecule has 0 bridgehead atoms. The second-order valence-corrected chi connectivity index (χ2v) is 5.93.